The number of nitrogens with one attached hydrogen (secondary N) is 1. The van der Waals surface area contributed by atoms with Crippen molar-refractivity contribution in [3.05, 3.63) is 65.2 Å². The van der Waals surface area contributed by atoms with E-state index in [1.54, 1.807) is 6.21 Å². The predicted octanol–water partition coefficient (Wildman–Crippen LogP) is 2.83. The van der Waals surface area contributed by atoms with Gasteiger partial charge in [0.1, 0.15) is 5.75 Å². The fraction of sp³-hybridized carbons (Fsp3) is 0.176. The van der Waals surface area contributed by atoms with Crippen LogP contribution in [0.5, 0.6) is 5.75 Å². The number of hydrazone groups is 1. The maximum absolute atomic E-state index is 11.6. The molecule has 0 aliphatic rings. The van der Waals surface area contributed by atoms with Crippen LogP contribution in [-0.4, -0.2) is 18.7 Å². The third-order valence-corrected chi connectivity index (χ3v) is 2.84. The van der Waals surface area contributed by atoms with Gasteiger partial charge in [0.25, 0.3) is 5.91 Å². The average molecular weight is 282 g/mol. The molecule has 0 radical (unpaired) electrons. The van der Waals surface area contributed by atoms with Gasteiger partial charge in [-0.1, -0.05) is 42.0 Å². The van der Waals surface area contributed by atoms with E-state index in [2.05, 4.69) is 10.5 Å². The van der Waals surface area contributed by atoms with E-state index in [0.29, 0.717) is 5.75 Å². The second-order valence-corrected chi connectivity index (χ2v) is 4.81. The van der Waals surface area contributed by atoms with Crippen LogP contribution in [0.4, 0.5) is 0 Å². The van der Waals surface area contributed by atoms with Gasteiger partial charge in [0.15, 0.2) is 6.61 Å². The summed E-state index contributed by atoms with van der Waals surface area (Å²) in [5, 5.41) is 3.90. The predicted molar refractivity (Wildman–Crippen MR) is 83.6 cm³/mol. The quantitative estimate of drug-likeness (QED) is 0.677. The first-order chi connectivity index (χ1) is 10.1. The first-order valence-corrected chi connectivity index (χ1v) is 6.71. The topological polar surface area (TPSA) is 50.7 Å². The van der Waals surface area contributed by atoms with Gasteiger partial charge in [-0.2, -0.15) is 5.10 Å². The number of ether oxygens (including phenoxy) is 1. The van der Waals surface area contributed by atoms with Crippen molar-refractivity contribution in [2.45, 2.75) is 13.8 Å². The van der Waals surface area contributed by atoms with Crippen LogP contribution in [-0.2, 0) is 4.79 Å². The summed E-state index contributed by atoms with van der Waals surface area (Å²) in [5.41, 5.74) is 5.64. The molecular formula is C17H18N2O2. The van der Waals surface area contributed by atoms with Gasteiger partial charge < -0.3 is 4.74 Å². The van der Waals surface area contributed by atoms with Crippen LogP contribution in [0.2, 0.25) is 0 Å². The molecule has 0 bridgehead atoms. The lowest BCUT2D eigenvalue weighted by atomic mass is 10.2. The Labute approximate surface area is 124 Å². The van der Waals surface area contributed by atoms with E-state index in [-0.39, 0.29) is 12.5 Å². The summed E-state index contributed by atoms with van der Waals surface area (Å²) in [4.78, 5) is 11.6. The summed E-state index contributed by atoms with van der Waals surface area (Å²) in [6, 6.07) is 15.4. The maximum atomic E-state index is 11.6. The van der Waals surface area contributed by atoms with Crippen molar-refractivity contribution in [1.29, 1.82) is 0 Å². The van der Waals surface area contributed by atoms with Crippen LogP contribution >= 0.6 is 0 Å². The Morgan fingerprint density at radius 1 is 1.14 bits per heavy atom. The van der Waals surface area contributed by atoms with E-state index in [1.807, 2.05) is 62.4 Å². The normalized spacial score (nSPS) is 10.6. The van der Waals surface area contributed by atoms with Crippen molar-refractivity contribution in [2.75, 3.05) is 6.61 Å². The second-order valence-electron chi connectivity index (χ2n) is 4.81. The van der Waals surface area contributed by atoms with Crippen molar-refractivity contribution in [2.24, 2.45) is 5.10 Å². The Morgan fingerprint density at radius 3 is 2.62 bits per heavy atom. The molecule has 108 valence electrons. The smallest absolute Gasteiger partial charge is 0.277 e. The molecule has 2 aromatic carbocycles. The molecular weight excluding hydrogens is 264 g/mol. The minimum atomic E-state index is -0.292. The van der Waals surface area contributed by atoms with Gasteiger partial charge in [0, 0.05) is 0 Å². The first-order valence-electron chi connectivity index (χ1n) is 6.71. The first kappa shape index (κ1) is 14.8. The van der Waals surface area contributed by atoms with Crippen molar-refractivity contribution in [3.8, 4) is 5.75 Å². The Balaban J connectivity index is 1.78. The molecule has 0 aliphatic carbocycles. The number of aryl methyl sites for hydroxylation is 2. The number of amides is 1. The third kappa shape index (κ3) is 5.10. The van der Waals surface area contributed by atoms with Gasteiger partial charge in [0.05, 0.1) is 6.21 Å². The molecule has 0 aromatic heterocycles. The summed E-state index contributed by atoms with van der Waals surface area (Å²) in [5.74, 6) is 0.382. The van der Waals surface area contributed by atoms with Gasteiger partial charge in [-0.05, 0) is 37.1 Å². The van der Waals surface area contributed by atoms with E-state index in [9.17, 15) is 4.79 Å². The lowest BCUT2D eigenvalue weighted by molar-refractivity contribution is -0.123. The molecule has 1 N–H and O–H groups in total. The van der Waals surface area contributed by atoms with Crippen LogP contribution < -0.4 is 10.2 Å². The van der Waals surface area contributed by atoms with E-state index in [0.717, 1.165) is 11.1 Å². The Bertz CT molecular complexity index is 633. The van der Waals surface area contributed by atoms with Crippen molar-refractivity contribution in [3.63, 3.8) is 0 Å². The lowest BCUT2D eigenvalue weighted by Crippen LogP contribution is -2.24. The fourth-order valence-electron chi connectivity index (χ4n) is 1.72. The van der Waals surface area contributed by atoms with Crippen LogP contribution in [0.3, 0.4) is 0 Å². The average Bonchev–Trinajstić information content (AvgIpc) is 2.47. The number of hydrogen-bond acceptors (Lipinski definition) is 3. The maximum Gasteiger partial charge on any atom is 0.277 e. The van der Waals surface area contributed by atoms with Crippen LogP contribution in [0, 0.1) is 13.8 Å². The van der Waals surface area contributed by atoms with Crippen molar-refractivity contribution >= 4 is 12.1 Å². The fourth-order valence-corrected chi connectivity index (χ4v) is 1.72. The van der Waals surface area contributed by atoms with E-state index >= 15 is 0 Å². The summed E-state index contributed by atoms with van der Waals surface area (Å²) >= 11 is 0. The Morgan fingerprint density at radius 2 is 1.90 bits per heavy atom. The summed E-state index contributed by atoms with van der Waals surface area (Å²) in [7, 11) is 0. The molecule has 1 amide bonds. The molecule has 0 fully saturated rings. The molecule has 0 heterocycles. The van der Waals surface area contributed by atoms with E-state index < -0.39 is 0 Å². The molecule has 4 nitrogen and oxygen atoms in total. The SMILES string of the molecule is Cc1ccc(/C=N/NC(=O)COc2cccc(C)c2)cc1. The largest absolute Gasteiger partial charge is 0.484 e. The number of rotatable bonds is 5. The Hall–Kier alpha value is -2.62. The highest BCUT2D eigenvalue weighted by Gasteiger charge is 2.01. The summed E-state index contributed by atoms with van der Waals surface area (Å²) in [6.45, 7) is 3.93. The van der Waals surface area contributed by atoms with Crippen LogP contribution in [0.1, 0.15) is 16.7 Å². The minimum Gasteiger partial charge on any atom is -0.484 e. The zero-order chi connectivity index (χ0) is 15.1. The number of nitrogens with zero attached hydrogens (tertiary/aromatic N) is 1. The van der Waals surface area contributed by atoms with E-state index in [4.69, 9.17) is 4.74 Å². The van der Waals surface area contributed by atoms with Gasteiger partial charge in [-0.3, -0.25) is 4.79 Å². The molecule has 0 atom stereocenters. The van der Waals surface area contributed by atoms with Gasteiger partial charge in [-0.25, -0.2) is 5.43 Å². The van der Waals surface area contributed by atoms with Crippen LogP contribution in [0.15, 0.2) is 53.6 Å². The summed E-state index contributed by atoms with van der Waals surface area (Å²) in [6.07, 6.45) is 1.60. The van der Waals surface area contributed by atoms with Crippen molar-refractivity contribution < 1.29 is 9.53 Å². The van der Waals surface area contributed by atoms with Gasteiger partial charge in [-0.15, -0.1) is 0 Å². The molecule has 0 saturated carbocycles. The summed E-state index contributed by atoms with van der Waals surface area (Å²) < 4.78 is 5.38. The minimum absolute atomic E-state index is 0.0608. The Kier molecular flexibility index (Phi) is 5.10. The molecule has 0 aliphatic heterocycles. The number of benzene rings is 2. The molecule has 0 saturated heterocycles. The van der Waals surface area contributed by atoms with Gasteiger partial charge in [0.2, 0.25) is 0 Å². The van der Waals surface area contributed by atoms with E-state index in [1.165, 1.54) is 5.56 Å². The standard InChI is InChI=1S/C17H18N2O2/c1-13-6-8-15(9-7-13)11-18-19-17(20)12-21-16-5-3-4-14(2)10-16/h3-11H,12H2,1-2H3,(H,19,20)/b18-11+. The highest BCUT2D eigenvalue weighted by Crippen LogP contribution is 2.11. The zero-order valence-electron chi connectivity index (χ0n) is 12.2. The third-order valence-electron chi connectivity index (χ3n) is 2.84. The second kappa shape index (κ2) is 7.24. The van der Waals surface area contributed by atoms with Crippen molar-refractivity contribution in [1.82, 2.24) is 5.43 Å². The zero-order valence-corrected chi connectivity index (χ0v) is 12.2. The number of carbonyl (C=O) groups is 1. The molecule has 2 aromatic rings. The van der Waals surface area contributed by atoms with Gasteiger partial charge >= 0.3 is 0 Å². The molecule has 21 heavy (non-hydrogen) atoms. The molecule has 0 spiro atoms. The highest BCUT2D eigenvalue weighted by molar-refractivity contribution is 5.82. The molecule has 4 heteroatoms. The molecule has 0 unspecified atom stereocenters. The number of carbonyl (C=O) groups excluding carboxylic acids is 1. The monoisotopic (exact) mass is 282 g/mol. The number of hydrogen-bond donors (Lipinski definition) is 1. The lowest BCUT2D eigenvalue weighted by Gasteiger charge is -2.05. The molecule has 2 rings (SSSR count). The van der Waals surface area contributed by atoms with Crippen LogP contribution in [0.25, 0.3) is 0 Å². The highest BCUT2D eigenvalue weighted by atomic mass is 16.5.